The first-order valence-corrected chi connectivity index (χ1v) is 6.72. The maximum absolute atomic E-state index is 12.6. The van der Waals surface area contributed by atoms with Crippen LogP contribution in [0.25, 0.3) is 0 Å². The average molecular weight is 304 g/mol. The fraction of sp³-hybridized carbons (Fsp3) is 0.125. The molecule has 0 aliphatic carbocycles. The number of carbonyl (C=O) groups is 2. The Morgan fingerprint density at radius 1 is 1.10 bits per heavy atom. The zero-order valence-electron chi connectivity index (χ0n) is 11.4. The molecular formula is C16H14ClNO3. The molecule has 0 atom stereocenters. The molecule has 1 N–H and O–H groups in total. The Morgan fingerprint density at radius 3 is 2.38 bits per heavy atom. The van der Waals surface area contributed by atoms with Crippen LogP contribution in [0.1, 0.15) is 15.9 Å². The van der Waals surface area contributed by atoms with Crippen molar-refractivity contribution in [1.82, 2.24) is 0 Å². The summed E-state index contributed by atoms with van der Waals surface area (Å²) in [5.74, 6) is -1.52. The maximum Gasteiger partial charge on any atom is 0.323 e. The van der Waals surface area contributed by atoms with Crippen LogP contribution in [-0.2, 0) is 4.79 Å². The lowest BCUT2D eigenvalue weighted by Crippen LogP contribution is -2.35. The first kappa shape index (κ1) is 15.1. The van der Waals surface area contributed by atoms with E-state index in [0.717, 1.165) is 5.56 Å². The molecule has 4 nitrogen and oxygen atoms in total. The monoisotopic (exact) mass is 303 g/mol. The molecule has 0 saturated heterocycles. The van der Waals surface area contributed by atoms with Crippen LogP contribution in [0, 0.1) is 6.92 Å². The number of anilines is 1. The number of benzene rings is 2. The van der Waals surface area contributed by atoms with Gasteiger partial charge in [-0.3, -0.25) is 14.5 Å². The number of carbonyl (C=O) groups excluding carboxylic acids is 1. The van der Waals surface area contributed by atoms with Crippen LogP contribution in [0.4, 0.5) is 5.69 Å². The highest BCUT2D eigenvalue weighted by Crippen LogP contribution is 2.24. The Hall–Kier alpha value is -2.33. The number of rotatable bonds is 4. The van der Waals surface area contributed by atoms with Gasteiger partial charge in [0.05, 0.1) is 10.6 Å². The van der Waals surface area contributed by atoms with Crippen LogP contribution >= 0.6 is 11.6 Å². The SMILES string of the molecule is Cc1cccc(C(=O)N(CC(=O)O)c2ccccc2)c1Cl. The fourth-order valence-corrected chi connectivity index (χ4v) is 2.19. The van der Waals surface area contributed by atoms with Gasteiger partial charge in [0.2, 0.25) is 0 Å². The lowest BCUT2D eigenvalue weighted by atomic mass is 10.1. The molecule has 0 saturated carbocycles. The van der Waals surface area contributed by atoms with Crippen molar-refractivity contribution in [1.29, 1.82) is 0 Å². The summed E-state index contributed by atoms with van der Waals surface area (Å²) < 4.78 is 0. The van der Waals surface area contributed by atoms with E-state index in [1.807, 2.05) is 0 Å². The minimum absolute atomic E-state index is 0.293. The van der Waals surface area contributed by atoms with E-state index in [9.17, 15) is 9.59 Å². The molecule has 108 valence electrons. The Morgan fingerprint density at radius 2 is 1.76 bits per heavy atom. The summed E-state index contributed by atoms with van der Waals surface area (Å²) in [5.41, 5.74) is 1.58. The van der Waals surface area contributed by atoms with Crippen molar-refractivity contribution < 1.29 is 14.7 Å². The highest BCUT2D eigenvalue weighted by atomic mass is 35.5. The van der Waals surface area contributed by atoms with E-state index in [0.29, 0.717) is 16.3 Å². The molecular weight excluding hydrogens is 290 g/mol. The second-order valence-electron chi connectivity index (χ2n) is 4.56. The van der Waals surface area contributed by atoms with Crippen molar-refractivity contribution >= 4 is 29.2 Å². The third kappa shape index (κ3) is 3.41. The Bertz CT molecular complexity index is 670. The predicted octanol–water partition coefficient (Wildman–Crippen LogP) is 3.38. The third-order valence-electron chi connectivity index (χ3n) is 3.03. The smallest absolute Gasteiger partial charge is 0.323 e. The van der Waals surface area contributed by atoms with Crippen molar-refractivity contribution in [3.8, 4) is 0 Å². The van der Waals surface area contributed by atoms with E-state index >= 15 is 0 Å². The Balaban J connectivity index is 2.44. The molecule has 0 radical (unpaired) electrons. The van der Waals surface area contributed by atoms with Crippen molar-refractivity contribution in [3.63, 3.8) is 0 Å². The number of amides is 1. The van der Waals surface area contributed by atoms with E-state index in [-0.39, 0.29) is 0 Å². The van der Waals surface area contributed by atoms with E-state index in [1.165, 1.54) is 4.90 Å². The number of hydrogen-bond donors (Lipinski definition) is 1. The number of para-hydroxylation sites is 1. The quantitative estimate of drug-likeness (QED) is 0.942. The molecule has 0 heterocycles. The van der Waals surface area contributed by atoms with Crippen LogP contribution in [0.15, 0.2) is 48.5 Å². The first-order chi connectivity index (χ1) is 10.0. The molecule has 0 bridgehead atoms. The first-order valence-electron chi connectivity index (χ1n) is 6.34. The second kappa shape index (κ2) is 6.41. The summed E-state index contributed by atoms with van der Waals surface area (Å²) >= 11 is 6.16. The zero-order valence-corrected chi connectivity index (χ0v) is 12.2. The van der Waals surface area contributed by atoms with Gasteiger partial charge in [-0.2, -0.15) is 0 Å². The largest absolute Gasteiger partial charge is 0.480 e. The van der Waals surface area contributed by atoms with Crippen LogP contribution < -0.4 is 4.90 Å². The second-order valence-corrected chi connectivity index (χ2v) is 4.94. The summed E-state index contributed by atoms with van der Waals surface area (Å²) in [4.78, 5) is 24.9. The van der Waals surface area contributed by atoms with Crippen molar-refractivity contribution in [2.45, 2.75) is 6.92 Å². The standard InChI is InChI=1S/C16H14ClNO3/c1-11-6-5-9-13(15(11)17)16(21)18(10-14(19)20)12-7-3-2-4-8-12/h2-9H,10H2,1H3,(H,19,20). The lowest BCUT2D eigenvalue weighted by molar-refractivity contribution is -0.135. The van der Waals surface area contributed by atoms with Crippen LogP contribution in [0.5, 0.6) is 0 Å². The number of nitrogens with zero attached hydrogens (tertiary/aromatic N) is 1. The zero-order chi connectivity index (χ0) is 15.4. The summed E-state index contributed by atoms with van der Waals surface area (Å²) in [7, 11) is 0. The molecule has 0 aromatic heterocycles. The summed E-state index contributed by atoms with van der Waals surface area (Å²) in [6.45, 7) is 1.37. The maximum atomic E-state index is 12.6. The van der Waals surface area contributed by atoms with Crippen LogP contribution in [-0.4, -0.2) is 23.5 Å². The Kier molecular flexibility index (Phi) is 4.60. The van der Waals surface area contributed by atoms with Gasteiger partial charge < -0.3 is 5.11 Å². The number of carboxylic acids is 1. The van der Waals surface area contributed by atoms with E-state index in [4.69, 9.17) is 16.7 Å². The number of aryl methyl sites for hydroxylation is 1. The van der Waals surface area contributed by atoms with Crippen molar-refractivity contribution in [2.75, 3.05) is 11.4 Å². The molecule has 0 fully saturated rings. The van der Waals surface area contributed by atoms with Crippen LogP contribution in [0.3, 0.4) is 0 Å². The van der Waals surface area contributed by atoms with E-state index in [2.05, 4.69) is 0 Å². The normalized spacial score (nSPS) is 10.2. The summed E-state index contributed by atoms with van der Waals surface area (Å²) in [6, 6.07) is 13.8. The molecule has 0 aliphatic rings. The lowest BCUT2D eigenvalue weighted by Gasteiger charge is -2.21. The number of halogens is 1. The number of hydrogen-bond acceptors (Lipinski definition) is 2. The minimum atomic E-state index is -1.09. The van der Waals surface area contributed by atoms with Gasteiger partial charge in [0.15, 0.2) is 0 Å². The summed E-state index contributed by atoms with van der Waals surface area (Å²) in [5, 5.41) is 9.38. The molecule has 1 amide bonds. The fourth-order valence-electron chi connectivity index (χ4n) is 1.98. The molecule has 0 aliphatic heterocycles. The molecule has 2 aromatic carbocycles. The number of aliphatic carboxylic acids is 1. The third-order valence-corrected chi connectivity index (χ3v) is 3.53. The van der Waals surface area contributed by atoms with Gasteiger partial charge in [0.1, 0.15) is 6.54 Å². The average Bonchev–Trinajstić information content (AvgIpc) is 2.48. The highest BCUT2D eigenvalue weighted by Gasteiger charge is 2.22. The van der Waals surface area contributed by atoms with Gasteiger partial charge in [0, 0.05) is 5.69 Å². The van der Waals surface area contributed by atoms with Crippen molar-refractivity contribution in [3.05, 3.63) is 64.7 Å². The molecule has 5 heteroatoms. The minimum Gasteiger partial charge on any atom is -0.480 e. The predicted molar refractivity (Wildman–Crippen MR) is 81.9 cm³/mol. The van der Waals surface area contributed by atoms with Gasteiger partial charge in [-0.15, -0.1) is 0 Å². The van der Waals surface area contributed by atoms with Gasteiger partial charge in [-0.05, 0) is 30.7 Å². The molecule has 0 spiro atoms. The molecule has 0 unspecified atom stereocenters. The van der Waals surface area contributed by atoms with Crippen LogP contribution in [0.2, 0.25) is 5.02 Å². The van der Waals surface area contributed by atoms with Gasteiger partial charge in [-0.1, -0.05) is 41.9 Å². The van der Waals surface area contributed by atoms with Gasteiger partial charge in [-0.25, -0.2) is 0 Å². The summed E-state index contributed by atoms with van der Waals surface area (Å²) in [6.07, 6.45) is 0. The molecule has 2 rings (SSSR count). The van der Waals surface area contributed by atoms with Gasteiger partial charge in [0.25, 0.3) is 5.91 Å². The van der Waals surface area contributed by atoms with Gasteiger partial charge >= 0.3 is 5.97 Å². The molecule has 2 aromatic rings. The highest BCUT2D eigenvalue weighted by molar-refractivity contribution is 6.35. The molecule has 21 heavy (non-hydrogen) atoms. The topological polar surface area (TPSA) is 57.6 Å². The number of carboxylic acid groups (broad SMARTS) is 1. The Labute approximate surface area is 127 Å². The van der Waals surface area contributed by atoms with E-state index in [1.54, 1.807) is 55.5 Å². The van der Waals surface area contributed by atoms with E-state index < -0.39 is 18.4 Å². The van der Waals surface area contributed by atoms with Crippen molar-refractivity contribution in [2.24, 2.45) is 0 Å².